The SMILES string of the molecule is O=[N+]([O-])c1c(N2CC=C(c3c[nH]c4ncccc34)CC2)nc2sccn12. The summed E-state index contributed by atoms with van der Waals surface area (Å²) in [5, 5.41) is 14.4. The van der Waals surface area contributed by atoms with Crippen molar-refractivity contribution in [3.05, 3.63) is 57.9 Å². The molecular weight excluding hydrogens is 352 g/mol. The van der Waals surface area contributed by atoms with Crippen LogP contribution in [0.3, 0.4) is 0 Å². The molecule has 4 aromatic heterocycles. The van der Waals surface area contributed by atoms with E-state index in [0.29, 0.717) is 23.9 Å². The molecule has 0 saturated carbocycles. The quantitative estimate of drug-likeness (QED) is 0.443. The summed E-state index contributed by atoms with van der Waals surface area (Å²) in [6.45, 7) is 1.28. The zero-order chi connectivity index (χ0) is 17.7. The van der Waals surface area contributed by atoms with E-state index in [-0.39, 0.29) is 10.7 Å². The largest absolute Gasteiger partial charge is 0.373 e. The van der Waals surface area contributed by atoms with E-state index in [2.05, 4.69) is 27.1 Å². The van der Waals surface area contributed by atoms with E-state index in [4.69, 9.17) is 0 Å². The van der Waals surface area contributed by atoms with Crippen LogP contribution in [0.25, 0.3) is 21.6 Å². The van der Waals surface area contributed by atoms with Gasteiger partial charge in [0.2, 0.25) is 5.82 Å². The Morgan fingerprint density at radius 2 is 2.31 bits per heavy atom. The number of anilines is 1. The standard InChI is InChI=1S/C17H14N6O2S/c24-23(25)16-15(20-17-22(16)8-9-26-17)21-6-3-11(4-7-21)13-10-19-14-12(13)2-1-5-18-14/h1-3,5,8-10H,4,6-7H2,(H,18,19). The molecule has 1 aliphatic rings. The molecular formula is C17H14N6O2S. The number of nitrogens with zero attached hydrogens (tertiary/aromatic N) is 5. The Hall–Kier alpha value is -3.20. The third kappa shape index (κ3) is 2.21. The highest BCUT2D eigenvalue weighted by molar-refractivity contribution is 7.15. The maximum absolute atomic E-state index is 11.5. The summed E-state index contributed by atoms with van der Waals surface area (Å²) < 4.78 is 1.55. The van der Waals surface area contributed by atoms with Gasteiger partial charge in [0.1, 0.15) is 11.8 Å². The van der Waals surface area contributed by atoms with E-state index in [1.807, 2.05) is 17.2 Å². The third-order valence-electron chi connectivity index (χ3n) is 4.70. The van der Waals surface area contributed by atoms with Crippen molar-refractivity contribution >= 4 is 44.5 Å². The van der Waals surface area contributed by atoms with Gasteiger partial charge in [-0.2, -0.15) is 9.38 Å². The fourth-order valence-corrected chi connectivity index (χ4v) is 4.18. The number of thiazole rings is 1. The van der Waals surface area contributed by atoms with Crippen LogP contribution in [-0.4, -0.2) is 37.4 Å². The van der Waals surface area contributed by atoms with E-state index in [1.54, 1.807) is 22.2 Å². The van der Waals surface area contributed by atoms with E-state index in [1.165, 1.54) is 16.9 Å². The van der Waals surface area contributed by atoms with Gasteiger partial charge in [0, 0.05) is 41.8 Å². The van der Waals surface area contributed by atoms with Crippen LogP contribution < -0.4 is 4.90 Å². The normalized spacial score (nSPS) is 14.9. The summed E-state index contributed by atoms with van der Waals surface area (Å²) in [5.41, 5.74) is 3.24. The number of rotatable bonds is 3. The molecule has 5 rings (SSSR count). The number of nitro groups is 1. The van der Waals surface area contributed by atoms with Gasteiger partial charge in [-0.05, 0) is 29.0 Å². The van der Waals surface area contributed by atoms with Crippen LogP contribution in [0.1, 0.15) is 12.0 Å². The lowest BCUT2D eigenvalue weighted by Crippen LogP contribution is -2.29. The summed E-state index contributed by atoms with van der Waals surface area (Å²) in [4.78, 5) is 25.8. The number of H-pyrrole nitrogens is 1. The first-order valence-electron chi connectivity index (χ1n) is 8.19. The molecule has 0 radical (unpaired) electrons. The average molecular weight is 366 g/mol. The minimum absolute atomic E-state index is 0.0365. The fraction of sp³-hybridized carbons (Fsp3) is 0.176. The van der Waals surface area contributed by atoms with Gasteiger partial charge in [-0.3, -0.25) is 0 Å². The Balaban J connectivity index is 1.49. The third-order valence-corrected chi connectivity index (χ3v) is 5.45. The number of fused-ring (bicyclic) bond motifs is 2. The first kappa shape index (κ1) is 15.1. The van der Waals surface area contributed by atoms with Crippen molar-refractivity contribution in [1.82, 2.24) is 19.4 Å². The van der Waals surface area contributed by atoms with Crippen molar-refractivity contribution in [3.63, 3.8) is 0 Å². The number of nitrogens with one attached hydrogen (secondary N) is 1. The molecule has 0 aromatic carbocycles. The van der Waals surface area contributed by atoms with E-state index in [9.17, 15) is 10.1 Å². The predicted octanol–water partition coefficient (Wildman–Crippen LogP) is 3.47. The Bertz CT molecular complexity index is 1170. The van der Waals surface area contributed by atoms with Crippen LogP contribution in [-0.2, 0) is 0 Å². The van der Waals surface area contributed by atoms with Crippen LogP contribution in [0.2, 0.25) is 0 Å². The van der Waals surface area contributed by atoms with Crippen molar-refractivity contribution < 1.29 is 4.92 Å². The molecule has 0 bridgehead atoms. The number of imidazole rings is 1. The molecule has 0 unspecified atom stereocenters. The Morgan fingerprint density at radius 1 is 1.38 bits per heavy atom. The number of aromatic nitrogens is 4. The molecule has 0 saturated heterocycles. The smallest absolute Gasteiger partial charge is 0.358 e. The monoisotopic (exact) mass is 366 g/mol. The lowest BCUT2D eigenvalue weighted by atomic mass is 9.99. The van der Waals surface area contributed by atoms with Crippen LogP contribution in [0.5, 0.6) is 0 Å². The van der Waals surface area contributed by atoms with Gasteiger partial charge in [-0.15, -0.1) is 0 Å². The van der Waals surface area contributed by atoms with E-state index >= 15 is 0 Å². The van der Waals surface area contributed by atoms with Gasteiger partial charge in [0.05, 0.1) is 0 Å². The Kier molecular flexibility index (Phi) is 3.29. The van der Waals surface area contributed by atoms with Crippen molar-refractivity contribution in [2.24, 2.45) is 0 Å². The first-order valence-corrected chi connectivity index (χ1v) is 9.07. The van der Waals surface area contributed by atoms with Crippen molar-refractivity contribution in [3.8, 4) is 0 Å². The molecule has 26 heavy (non-hydrogen) atoms. The molecule has 0 atom stereocenters. The second-order valence-electron chi connectivity index (χ2n) is 6.10. The fourth-order valence-electron chi connectivity index (χ4n) is 3.47. The van der Waals surface area contributed by atoms with Crippen molar-refractivity contribution in [2.75, 3.05) is 18.0 Å². The highest BCUT2D eigenvalue weighted by Gasteiger charge is 2.29. The van der Waals surface area contributed by atoms with E-state index < -0.39 is 0 Å². The summed E-state index contributed by atoms with van der Waals surface area (Å²) in [7, 11) is 0. The Morgan fingerprint density at radius 3 is 3.12 bits per heavy atom. The zero-order valence-corrected chi connectivity index (χ0v) is 14.4. The lowest BCUT2D eigenvalue weighted by molar-refractivity contribution is -0.389. The van der Waals surface area contributed by atoms with Crippen molar-refractivity contribution in [2.45, 2.75) is 6.42 Å². The minimum Gasteiger partial charge on any atom is -0.358 e. The highest BCUT2D eigenvalue weighted by atomic mass is 32.1. The van der Waals surface area contributed by atoms with Gasteiger partial charge in [0.15, 0.2) is 0 Å². The molecule has 0 aliphatic carbocycles. The topological polar surface area (TPSA) is 92.4 Å². The molecule has 0 amide bonds. The van der Waals surface area contributed by atoms with Gasteiger partial charge < -0.3 is 20.0 Å². The van der Waals surface area contributed by atoms with Crippen LogP contribution >= 0.6 is 11.3 Å². The molecule has 9 heteroatoms. The first-order chi connectivity index (χ1) is 12.7. The van der Waals surface area contributed by atoms with Crippen LogP contribution in [0, 0.1) is 10.1 Å². The van der Waals surface area contributed by atoms with Gasteiger partial charge in [-0.25, -0.2) is 4.98 Å². The number of hydrogen-bond acceptors (Lipinski definition) is 6. The molecule has 8 nitrogen and oxygen atoms in total. The number of hydrogen-bond donors (Lipinski definition) is 1. The Labute approximate surface area is 151 Å². The van der Waals surface area contributed by atoms with Crippen LogP contribution in [0.4, 0.5) is 11.6 Å². The predicted molar refractivity (Wildman–Crippen MR) is 101 cm³/mol. The second-order valence-corrected chi connectivity index (χ2v) is 6.97. The average Bonchev–Trinajstić information content (AvgIpc) is 3.35. The summed E-state index contributed by atoms with van der Waals surface area (Å²) >= 11 is 1.40. The summed E-state index contributed by atoms with van der Waals surface area (Å²) in [6.07, 6.45) is 8.36. The number of pyridine rings is 1. The van der Waals surface area contributed by atoms with Crippen molar-refractivity contribution in [1.29, 1.82) is 0 Å². The van der Waals surface area contributed by atoms with Gasteiger partial charge in [-0.1, -0.05) is 17.4 Å². The van der Waals surface area contributed by atoms with Crippen LogP contribution in [0.15, 0.2) is 42.2 Å². The molecule has 4 aromatic rings. The summed E-state index contributed by atoms with van der Waals surface area (Å²) in [5.74, 6) is 0.479. The van der Waals surface area contributed by atoms with E-state index in [0.717, 1.165) is 23.0 Å². The zero-order valence-electron chi connectivity index (χ0n) is 13.6. The minimum atomic E-state index is -0.355. The lowest BCUT2D eigenvalue weighted by Gasteiger charge is -2.25. The molecule has 5 heterocycles. The van der Waals surface area contributed by atoms with Gasteiger partial charge >= 0.3 is 5.82 Å². The molecule has 1 N–H and O–H groups in total. The maximum Gasteiger partial charge on any atom is 0.373 e. The highest BCUT2D eigenvalue weighted by Crippen LogP contribution is 2.34. The molecule has 1 aliphatic heterocycles. The molecule has 0 spiro atoms. The maximum atomic E-state index is 11.5. The second kappa shape index (κ2) is 5.67. The molecule has 0 fully saturated rings. The number of aromatic amines is 1. The van der Waals surface area contributed by atoms with Gasteiger partial charge in [0.25, 0.3) is 4.96 Å². The summed E-state index contributed by atoms with van der Waals surface area (Å²) in [6, 6.07) is 3.98. The molecule has 130 valence electrons.